The van der Waals surface area contributed by atoms with Gasteiger partial charge in [-0.3, -0.25) is 0 Å². The lowest BCUT2D eigenvalue weighted by Gasteiger charge is -2.20. The summed E-state index contributed by atoms with van der Waals surface area (Å²) in [5.41, 5.74) is 3.76. The standard InChI is InChI=1S/C16H22ClNO/c1-11(2)4-5-12-10-18(3)9-8-14-13(12)6-7-15(19)16(14)17/h4,6-7,12,19H,5,8-10H2,1-3H3. The molecule has 0 radical (unpaired) electrons. The monoisotopic (exact) mass is 279 g/mol. The second-order valence-electron chi connectivity index (χ2n) is 5.69. The Bertz CT molecular complexity index is 492. The van der Waals surface area contributed by atoms with Gasteiger partial charge in [-0.05, 0) is 50.9 Å². The molecule has 1 aliphatic heterocycles. The summed E-state index contributed by atoms with van der Waals surface area (Å²) in [5.74, 6) is 0.654. The molecule has 19 heavy (non-hydrogen) atoms. The van der Waals surface area contributed by atoms with E-state index in [2.05, 4.69) is 31.9 Å². The number of rotatable bonds is 2. The van der Waals surface area contributed by atoms with E-state index in [0.29, 0.717) is 10.9 Å². The van der Waals surface area contributed by atoms with Crippen LogP contribution in [0.5, 0.6) is 5.75 Å². The maximum atomic E-state index is 9.78. The van der Waals surface area contributed by atoms with Crippen LogP contribution in [0.15, 0.2) is 23.8 Å². The summed E-state index contributed by atoms with van der Waals surface area (Å²) in [6, 6.07) is 3.77. The molecule has 0 bridgehead atoms. The van der Waals surface area contributed by atoms with E-state index in [1.165, 1.54) is 11.1 Å². The average molecular weight is 280 g/mol. The zero-order valence-electron chi connectivity index (χ0n) is 11.9. The number of halogens is 1. The zero-order chi connectivity index (χ0) is 14.0. The lowest BCUT2D eigenvalue weighted by Crippen LogP contribution is -2.23. The van der Waals surface area contributed by atoms with Crippen molar-refractivity contribution in [1.29, 1.82) is 0 Å². The van der Waals surface area contributed by atoms with Gasteiger partial charge >= 0.3 is 0 Å². The van der Waals surface area contributed by atoms with Crippen molar-refractivity contribution in [3.05, 3.63) is 39.9 Å². The van der Waals surface area contributed by atoms with Crippen LogP contribution in [0.3, 0.4) is 0 Å². The highest BCUT2D eigenvalue weighted by molar-refractivity contribution is 6.32. The third kappa shape index (κ3) is 3.31. The van der Waals surface area contributed by atoms with Crippen LogP contribution in [0.4, 0.5) is 0 Å². The Morgan fingerprint density at radius 1 is 1.47 bits per heavy atom. The van der Waals surface area contributed by atoms with Crippen molar-refractivity contribution < 1.29 is 5.11 Å². The van der Waals surface area contributed by atoms with Gasteiger partial charge in [0.25, 0.3) is 0 Å². The van der Waals surface area contributed by atoms with Crippen molar-refractivity contribution in [2.24, 2.45) is 0 Å². The van der Waals surface area contributed by atoms with Crippen molar-refractivity contribution in [2.45, 2.75) is 32.6 Å². The predicted octanol–water partition coefficient (Wildman–Crippen LogP) is 3.97. The molecule has 2 nitrogen and oxygen atoms in total. The first-order valence-electron chi connectivity index (χ1n) is 6.81. The van der Waals surface area contributed by atoms with Crippen LogP contribution in [0.25, 0.3) is 0 Å². The highest BCUT2D eigenvalue weighted by atomic mass is 35.5. The van der Waals surface area contributed by atoms with Gasteiger partial charge in [-0.15, -0.1) is 0 Å². The average Bonchev–Trinajstić information content (AvgIpc) is 2.51. The summed E-state index contributed by atoms with van der Waals surface area (Å²) in [7, 11) is 2.15. The van der Waals surface area contributed by atoms with Gasteiger partial charge in [-0.1, -0.05) is 29.3 Å². The number of nitrogens with zero attached hydrogens (tertiary/aromatic N) is 1. The smallest absolute Gasteiger partial charge is 0.134 e. The SMILES string of the molecule is CC(C)=CCC1CN(C)CCc2c1ccc(O)c2Cl. The first-order valence-corrected chi connectivity index (χ1v) is 7.19. The minimum Gasteiger partial charge on any atom is -0.506 e. The molecule has 0 aliphatic carbocycles. The zero-order valence-corrected chi connectivity index (χ0v) is 12.7. The molecule has 104 valence electrons. The largest absolute Gasteiger partial charge is 0.506 e. The van der Waals surface area contributed by atoms with Crippen molar-refractivity contribution in [3.63, 3.8) is 0 Å². The highest BCUT2D eigenvalue weighted by Gasteiger charge is 2.23. The van der Waals surface area contributed by atoms with Gasteiger partial charge in [0.15, 0.2) is 0 Å². The number of benzene rings is 1. The van der Waals surface area contributed by atoms with E-state index < -0.39 is 0 Å². The van der Waals surface area contributed by atoms with Crippen LogP contribution in [-0.4, -0.2) is 30.1 Å². The number of phenols is 1. The number of hydrogen-bond acceptors (Lipinski definition) is 2. The Morgan fingerprint density at radius 2 is 2.21 bits per heavy atom. The lowest BCUT2D eigenvalue weighted by atomic mass is 9.90. The molecule has 1 atom stereocenters. The third-order valence-corrected chi connectivity index (χ3v) is 4.21. The molecule has 3 heteroatoms. The Labute approximate surface area is 120 Å². The van der Waals surface area contributed by atoms with Gasteiger partial charge in [0.2, 0.25) is 0 Å². The number of hydrogen-bond donors (Lipinski definition) is 1. The van der Waals surface area contributed by atoms with Crippen LogP contribution < -0.4 is 0 Å². The maximum absolute atomic E-state index is 9.78. The van der Waals surface area contributed by atoms with E-state index >= 15 is 0 Å². The first kappa shape index (κ1) is 14.4. The van der Waals surface area contributed by atoms with E-state index in [-0.39, 0.29) is 5.75 Å². The van der Waals surface area contributed by atoms with Gasteiger partial charge in [0.1, 0.15) is 5.75 Å². The van der Waals surface area contributed by atoms with Crippen molar-refractivity contribution in [2.75, 3.05) is 20.1 Å². The molecule has 1 aromatic rings. The van der Waals surface area contributed by atoms with E-state index in [1.807, 2.05) is 6.07 Å². The van der Waals surface area contributed by atoms with Gasteiger partial charge in [0.05, 0.1) is 5.02 Å². The molecule has 1 N–H and O–H groups in total. The molecule has 1 unspecified atom stereocenters. The Morgan fingerprint density at radius 3 is 2.89 bits per heavy atom. The minimum absolute atomic E-state index is 0.200. The molecule has 0 aromatic heterocycles. The summed E-state index contributed by atoms with van der Waals surface area (Å²) in [4.78, 5) is 2.34. The summed E-state index contributed by atoms with van der Waals surface area (Å²) in [5, 5.41) is 10.3. The van der Waals surface area contributed by atoms with Gasteiger partial charge < -0.3 is 10.0 Å². The predicted molar refractivity (Wildman–Crippen MR) is 81.1 cm³/mol. The quantitative estimate of drug-likeness (QED) is 0.828. The molecular formula is C16H22ClNO. The summed E-state index contributed by atoms with van der Waals surface area (Å²) in [6.07, 6.45) is 4.22. The Hall–Kier alpha value is -0.990. The molecule has 2 rings (SSSR count). The first-order chi connectivity index (χ1) is 8.99. The normalized spacial score (nSPS) is 19.7. The number of likely N-dealkylation sites (N-methyl/N-ethyl adjacent to an activating group) is 1. The fourth-order valence-electron chi connectivity index (χ4n) is 2.71. The molecule has 0 fully saturated rings. The van der Waals surface area contributed by atoms with Crippen LogP contribution in [-0.2, 0) is 6.42 Å². The number of fused-ring (bicyclic) bond motifs is 1. The number of phenolic OH excluding ortho intramolecular Hbond substituents is 1. The van der Waals surface area contributed by atoms with Gasteiger partial charge in [-0.2, -0.15) is 0 Å². The van der Waals surface area contributed by atoms with Crippen LogP contribution in [0.1, 0.15) is 37.3 Å². The Kier molecular flexibility index (Phi) is 4.54. The van der Waals surface area contributed by atoms with E-state index in [4.69, 9.17) is 11.6 Å². The van der Waals surface area contributed by atoms with E-state index in [0.717, 1.165) is 31.5 Å². The van der Waals surface area contributed by atoms with Gasteiger partial charge in [0, 0.05) is 19.0 Å². The highest BCUT2D eigenvalue weighted by Crippen LogP contribution is 2.37. The maximum Gasteiger partial charge on any atom is 0.134 e. The van der Waals surface area contributed by atoms with Crippen molar-refractivity contribution >= 4 is 11.6 Å². The van der Waals surface area contributed by atoms with Crippen molar-refractivity contribution in [3.8, 4) is 5.75 Å². The molecule has 1 aromatic carbocycles. The molecule has 0 spiro atoms. The Balaban J connectivity index is 2.39. The van der Waals surface area contributed by atoms with Gasteiger partial charge in [-0.25, -0.2) is 0 Å². The second kappa shape index (κ2) is 5.98. The number of allylic oxidation sites excluding steroid dienone is 2. The summed E-state index contributed by atoms with van der Waals surface area (Å²) >= 11 is 6.28. The van der Waals surface area contributed by atoms with E-state index in [9.17, 15) is 5.11 Å². The summed E-state index contributed by atoms with van der Waals surface area (Å²) < 4.78 is 0. The molecular weight excluding hydrogens is 258 g/mol. The molecule has 0 saturated heterocycles. The topological polar surface area (TPSA) is 23.5 Å². The van der Waals surface area contributed by atoms with Crippen LogP contribution in [0.2, 0.25) is 5.02 Å². The molecule has 1 heterocycles. The third-order valence-electron chi connectivity index (χ3n) is 3.79. The van der Waals surface area contributed by atoms with Crippen LogP contribution >= 0.6 is 11.6 Å². The molecule has 0 saturated carbocycles. The van der Waals surface area contributed by atoms with E-state index in [1.54, 1.807) is 6.07 Å². The number of aromatic hydroxyl groups is 1. The summed E-state index contributed by atoms with van der Waals surface area (Å²) in [6.45, 7) is 6.29. The fourth-order valence-corrected chi connectivity index (χ4v) is 2.97. The molecule has 1 aliphatic rings. The molecule has 0 amide bonds. The second-order valence-corrected chi connectivity index (χ2v) is 6.07. The van der Waals surface area contributed by atoms with Crippen molar-refractivity contribution in [1.82, 2.24) is 4.90 Å². The lowest BCUT2D eigenvalue weighted by molar-refractivity contribution is 0.325. The minimum atomic E-state index is 0.200. The fraction of sp³-hybridized carbons (Fsp3) is 0.500. The van der Waals surface area contributed by atoms with Crippen LogP contribution in [0, 0.1) is 0 Å².